The van der Waals surface area contributed by atoms with Crippen LogP contribution >= 0.6 is 0 Å². The summed E-state index contributed by atoms with van der Waals surface area (Å²) in [6, 6.07) is 6.39. The minimum absolute atomic E-state index is 0.548. The number of hydrogen-bond acceptors (Lipinski definition) is 5. The molecule has 1 unspecified atom stereocenters. The van der Waals surface area contributed by atoms with Gasteiger partial charge in [0.1, 0.15) is 6.07 Å². The molecule has 1 atom stereocenters. The zero-order valence-electron chi connectivity index (χ0n) is 12.5. The lowest BCUT2D eigenvalue weighted by Gasteiger charge is -2.31. The van der Waals surface area contributed by atoms with Gasteiger partial charge in [0, 0.05) is 38.4 Å². The Balaban J connectivity index is 0.000000322. The number of halogens is 3. The van der Waals surface area contributed by atoms with E-state index >= 15 is 0 Å². The number of carbonyl (C=O) groups is 1. The van der Waals surface area contributed by atoms with Crippen molar-refractivity contribution in [1.29, 1.82) is 5.26 Å². The molecule has 0 spiro atoms. The SMILES string of the molecule is CC1CN(Cc2ccc(C#N)cn2)CCN1.O=C(O)C(F)(F)F. The zero-order valence-corrected chi connectivity index (χ0v) is 12.5. The van der Waals surface area contributed by atoms with E-state index in [9.17, 15) is 13.2 Å². The molecule has 2 N–H and O–H groups in total. The van der Waals surface area contributed by atoms with Crippen LogP contribution in [0.25, 0.3) is 0 Å². The lowest BCUT2D eigenvalue weighted by molar-refractivity contribution is -0.192. The third-order valence-electron chi connectivity index (χ3n) is 3.03. The van der Waals surface area contributed by atoms with Crippen LogP contribution in [0.5, 0.6) is 0 Å². The van der Waals surface area contributed by atoms with Crippen LogP contribution in [-0.2, 0) is 11.3 Å². The number of carboxylic acid groups (broad SMARTS) is 1. The third kappa shape index (κ3) is 7.08. The zero-order chi connectivity index (χ0) is 17.5. The normalized spacial score (nSPS) is 18.5. The highest BCUT2D eigenvalue weighted by Crippen LogP contribution is 2.13. The van der Waals surface area contributed by atoms with E-state index in [-0.39, 0.29) is 0 Å². The highest BCUT2D eigenvalue weighted by Gasteiger charge is 2.38. The van der Waals surface area contributed by atoms with Gasteiger partial charge in [-0.3, -0.25) is 9.88 Å². The summed E-state index contributed by atoms with van der Waals surface area (Å²) >= 11 is 0. The minimum Gasteiger partial charge on any atom is -0.475 e. The molecule has 0 bridgehead atoms. The second kappa shape index (κ2) is 8.45. The molecule has 23 heavy (non-hydrogen) atoms. The quantitative estimate of drug-likeness (QED) is 0.852. The lowest BCUT2D eigenvalue weighted by Crippen LogP contribution is -2.48. The fourth-order valence-corrected chi connectivity index (χ4v) is 1.97. The highest BCUT2D eigenvalue weighted by atomic mass is 19.4. The Morgan fingerprint density at radius 1 is 1.57 bits per heavy atom. The molecule has 1 saturated heterocycles. The molecule has 1 aliphatic rings. The molecule has 1 aliphatic heterocycles. The maximum Gasteiger partial charge on any atom is 0.490 e. The van der Waals surface area contributed by atoms with Crippen molar-refractivity contribution in [2.45, 2.75) is 25.7 Å². The summed E-state index contributed by atoms with van der Waals surface area (Å²) in [5, 5.41) is 19.2. The van der Waals surface area contributed by atoms with Gasteiger partial charge in [-0.1, -0.05) is 0 Å². The van der Waals surface area contributed by atoms with Gasteiger partial charge in [-0.2, -0.15) is 18.4 Å². The second-order valence-electron chi connectivity index (χ2n) is 5.04. The summed E-state index contributed by atoms with van der Waals surface area (Å²) in [6.45, 7) is 6.22. The number of pyridine rings is 1. The Morgan fingerprint density at radius 3 is 2.65 bits per heavy atom. The maximum atomic E-state index is 10.6. The van der Waals surface area contributed by atoms with Crippen LogP contribution in [0, 0.1) is 11.3 Å². The average Bonchev–Trinajstić information content (AvgIpc) is 2.48. The van der Waals surface area contributed by atoms with Crippen molar-refractivity contribution >= 4 is 5.97 Å². The lowest BCUT2D eigenvalue weighted by atomic mass is 10.2. The van der Waals surface area contributed by atoms with Crippen molar-refractivity contribution in [3.63, 3.8) is 0 Å². The third-order valence-corrected chi connectivity index (χ3v) is 3.03. The first kappa shape index (κ1) is 18.9. The number of nitriles is 1. The Morgan fingerprint density at radius 2 is 2.22 bits per heavy atom. The molecule has 0 aromatic carbocycles. The van der Waals surface area contributed by atoms with Gasteiger partial charge in [-0.05, 0) is 19.1 Å². The highest BCUT2D eigenvalue weighted by molar-refractivity contribution is 5.73. The van der Waals surface area contributed by atoms with Crippen LogP contribution in [0.2, 0.25) is 0 Å². The van der Waals surface area contributed by atoms with Crippen molar-refractivity contribution in [3.8, 4) is 6.07 Å². The number of hydrogen-bond donors (Lipinski definition) is 2. The molecular formula is C14H17F3N4O2. The molecule has 1 aromatic heterocycles. The molecule has 1 aromatic rings. The number of alkyl halides is 3. The molecule has 126 valence electrons. The number of aliphatic carboxylic acids is 1. The van der Waals surface area contributed by atoms with Gasteiger partial charge >= 0.3 is 12.1 Å². The average molecular weight is 330 g/mol. The van der Waals surface area contributed by atoms with Gasteiger partial charge in [0.2, 0.25) is 0 Å². The largest absolute Gasteiger partial charge is 0.490 e. The van der Waals surface area contributed by atoms with E-state index in [1.54, 1.807) is 6.20 Å². The van der Waals surface area contributed by atoms with Crippen LogP contribution in [0.3, 0.4) is 0 Å². The molecule has 0 radical (unpaired) electrons. The first-order valence-electron chi connectivity index (χ1n) is 6.83. The number of piperazine rings is 1. The first-order valence-corrected chi connectivity index (χ1v) is 6.83. The standard InChI is InChI=1S/C12H16N4.C2HF3O2/c1-10-8-16(5-4-14-10)9-12-3-2-11(6-13)7-15-12;3-2(4,5)1(6)7/h2-3,7,10,14H,4-5,8-9H2,1H3;(H,6,7). The van der Waals surface area contributed by atoms with Crippen molar-refractivity contribution in [2.75, 3.05) is 19.6 Å². The van der Waals surface area contributed by atoms with E-state index in [1.807, 2.05) is 12.1 Å². The van der Waals surface area contributed by atoms with E-state index in [4.69, 9.17) is 15.2 Å². The summed E-state index contributed by atoms with van der Waals surface area (Å²) in [4.78, 5) is 15.6. The van der Waals surface area contributed by atoms with Gasteiger partial charge in [0.25, 0.3) is 0 Å². The number of carboxylic acids is 1. The first-order chi connectivity index (χ1) is 10.7. The van der Waals surface area contributed by atoms with Crippen molar-refractivity contribution in [3.05, 3.63) is 29.6 Å². The summed E-state index contributed by atoms with van der Waals surface area (Å²) in [6.07, 6.45) is -3.44. The number of rotatable bonds is 2. The predicted molar refractivity (Wildman–Crippen MR) is 75.4 cm³/mol. The molecule has 2 rings (SSSR count). The Kier molecular flexibility index (Phi) is 6.93. The van der Waals surface area contributed by atoms with Crippen molar-refractivity contribution in [2.24, 2.45) is 0 Å². The number of aromatic nitrogens is 1. The van der Waals surface area contributed by atoms with E-state index in [1.165, 1.54) is 0 Å². The van der Waals surface area contributed by atoms with Crippen LogP contribution in [0.4, 0.5) is 13.2 Å². The van der Waals surface area contributed by atoms with Gasteiger partial charge < -0.3 is 10.4 Å². The summed E-state index contributed by atoms with van der Waals surface area (Å²) in [5.74, 6) is -2.76. The molecule has 2 heterocycles. The van der Waals surface area contributed by atoms with Gasteiger partial charge in [-0.25, -0.2) is 4.79 Å². The van der Waals surface area contributed by atoms with Crippen molar-refractivity contribution in [1.82, 2.24) is 15.2 Å². The number of nitrogens with one attached hydrogen (secondary N) is 1. The van der Waals surface area contributed by atoms with E-state index < -0.39 is 12.1 Å². The molecular weight excluding hydrogens is 313 g/mol. The van der Waals surface area contributed by atoms with Gasteiger partial charge in [0.05, 0.1) is 11.3 Å². The summed E-state index contributed by atoms with van der Waals surface area (Å²) < 4.78 is 31.7. The van der Waals surface area contributed by atoms with Crippen molar-refractivity contribution < 1.29 is 23.1 Å². The monoisotopic (exact) mass is 330 g/mol. The van der Waals surface area contributed by atoms with Crippen LogP contribution in [0.1, 0.15) is 18.2 Å². The smallest absolute Gasteiger partial charge is 0.475 e. The number of nitrogens with zero attached hydrogens (tertiary/aromatic N) is 3. The minimum atomic E-state index is -5.08. The Hall–Kier alpha value is -2.18. The molecule has 0 saturated carbocycles. The van der Waals surface area contributed by atoms with E-state index in [2.05, 4.69) is 28.2 Å². The van der Waals surface area contributed by atoms with Gasteiger partial charge in [0.15, 0.2) is 0 Å². The van der Waals surface area contributed by atoms with Crippen LogP contribution in [-0.4, -0.2) is 52.8 Å². The fourth-order valence-electron chi connectivity index (χ4n) is 1.97. The summed E-state index contributed by atoms with van der Waals surface area (Å²) in [7, 11) is 0. The fraction of sp³-hybridized carbons (Fsp3) is 0.500. The predicted octanol–water partition coefficient (Wildman–Crippen LogP) is 1.38. The van der Waals surface area contributed by atoms with Gasteiger partial charge in [-0.15, -0.1) is 0 Å². The molecule has 6 nitrogen and oxygen atoms in total. The molecule has 9 heteroatoms. The van der Waals surface area contributed by atoms with E-state index in [0.717, 1.165) is 31.9 Å². The van der Waals surface area contributed by atoms with Crippen LogP contribution in [0.15, 0.2) is 18.3 Å². The molecule has 0 amide bonds. The Bertz CT molecular complexity index is 555. The second-order valence-corrected chi connectivity index (χ2v) is 5.04. The molecule has 0 aliphatic carbocycles. The molecule has 1 fully saturated rings. The topological polar surface area (TPSA) is 89.3 Å². The summed E-state index contributed by atoms with van der Waals surface area (Å²) in [5.41, 5.74) is 1.66. The maximum absolute atomic E-state index is 10.6. The van der Waals surface area contributed by atoms with Crippen LogP contribution < -0.4 is 5.32 Å². The Labute approximate surface area is 131 Å². The van der Waals surface area contributed by atoms with E-state index in [0.29, 0.717) is 11.6 Å².